The summed E-state index contributed by atoms with van der Waals surface area (Å²) in [6.07, 6.45) is 7.40. The number of rotatable bonds is 15. The first-order valence-electron chi connectivity index (χ1n) is 16.3. The summed E-state index contributed by atoms with van der Waals surface area (Å²) in [5.74, 6) is -2.14. The van der Waals surface area contributed by atoms with Crippen LogP contribution in [0.5, 0.6) is 0 Å². The lowest BCUT2D eigenvalue weighted by Crippen LogP contribution is -2.57. The molecule has 252 valence electrons. The van der Waals surface area contributed by atoms with Crippen molar-refractivity contribution in [2.24, 2.45) is 17.8 Å². The van der Waals surface area contributed by atoms with E-state index in [4.69, 9.17) is 0 Å². The zero-order valence-corrected chi connectivity index (χ0v) is 29.0. The van der Waals surface area contributed by atoms with Gasteiger partial charge in [-0.05, 0) is 62.8 Å². The number of aromatic nitrogens is 1. The van der Waals surface area contributed by atoms with Crippen LogP contribution in [0.15, 0.2) is 41.8 Å². The highest BCUT2D eigenvalue weighted by molar-refractivity contribution is 7.10. The number of nitrogens with one attached hydrogen (secondary N) is 2. The Bertz CT molecular complexity index is 1340. The zero-order valence-electron chi connectivity index (χ0n) is 28.2. The molecule has 2 aromatic rings. The topological polar surface area (TPSA) is 132 Å². The van der Waals surface area contributed by atoms with Crippen LogP contribution >= 0.6 is 11.3 Å². The van der Waals surface area contributed by atoms with Crippen molar-refractivity contribution in [3.05, 3.63) is 58.1 Å². The van der Waals surface area contributed by atoms with E-state index in [-0.39, 0.29) is 53.4 Å². The van der Waals surface area contributed by atoms with Gasteiger partial charge >= 0.3 is 5.97 Å². The number of hydrogen-bond donors (Lipinski definition) is 3. The fourth-order valence-electron chi connectivity index (χ4n) is 5.86. The van der Waals surface area contributed by atoms with Gasteiger partial charge in [0.15, 0.2) is 0 Å². The molecule has 46 heavy (non-hydrogen) atoms. The maximum Gasteiger partial charge on any atom is 0.306 e. The first-order valence-corrected chi connectivity index (χ1v) is 17.1. The van der Waals surface area contributed by atoms with Crippen LogP contribution in [0.4, 0.5) is 0 Å². The third kappa shape index (κ3) is 10.5. The van der Waals surface area contributed by atoms with E-state index in [0.717, 1.165) is 31.4 Å². The Labute approximate surface area is 277 Å². The van der Waals surface area contributed by atoms with Crippen molar-refractivity contribution in [3.8, 4) is 0 Å². The van der Waals surface area contributed by atoms with Gasteiger partial charge in [-0.1, -0.05) is 77.4 Å². The van der Waals surface area contributed by atoms with Crippen LogP contribution in [0.2, 0.25) is 0 Å². The van der Waals surface area contributed by atoms with Crippen molar-refractivity contribution in [3.63, 3.8) is 0 Å². The van der Waals surface area contributed by atoms with E-state index in [1.165, 1.54) is 11.3 Å². The Morgan fingerprint density at radius 3 is 2.37 bits per heavy atom. The number of aliphatic carboxylic acids is 1. The lowest BCUT2D eigenvalue weighted by Gasteiger charge is -2.36. The SMILES string of the molecule is CC(C)[C@H](NC(=O)[C@H]1CCCCN1C)C(=O)N(C)[C@H](/C=C/c1nc(C(=O)N[C@@H](Cc2ccccc2)C[C@H](C)C(=O)O)cs1)C(C)C. The quantitative estimate of drug-likeness (QED) is 0.254. The number of carbonyl (C=O) groups is 4. The largest absolute Gasteiger partial charge is 0.481 e. The fraction of sp³-hybridized carbons (Fsp3) is 0.571. The van der Waals surface area contributed by atoms with Crippen LogP contribution in [0.1, 0.15) is 81.4 Å². The molecule has 0 unspecified atom stereocenters. The molecule has 3 rings (SSSR count). The number of hydrogen-bond acceptors (Lipinski definition) is 7. The van der Waals surface area contributed by atoms with Gasteiger partial charge in [0, 0.05) is 18.5 Å². The number of likely N-dealkylation sites (tertiary alicyclic amines) is 1. The Balaban J connectivity index is 1.69. The predicted octanol–water partition coefficient (Wildman–Crippen LogP) is 4.72. The normalized spacial score (nSPS) is 18.2. The van der Waals surface area contributed by atoms with Gasteiger partial charge in [-0.2, -0.15) is 0 Å². The molecular weight excluding hydrogens is 602 g/mol. The Morgan fingerprint density at radius 2 is 1.76 bits per heavy atom. The number of carboxylic acids is 1. The third-order valence-corrected chi connectivity index (χ3v) is 9.50. The molecule has 2 heterocycles. The number of piperidine rings is 1. The van der Waals surface area contributed by atoms with Crippen molar-refractivity contribution >= 4 is 41.1 Å². The first-order chi connectivity index (χ1) is 21.8. The highest BCUT2D eigenvalue weighted by Crippen LogP contribution is 2.20. The van der Waals surface area contributed by atoms with E-state index in [2.05, 4.69) is 20.5 Å². The Kier molecular flexibility index (Phi) is 13.9. The summed E-state index contributed by atoms with van der Waals surface area (Å²) < 4.78 is 0. The van der Waals surface area contributed by atoms with E-state index in [0.29, 0.717) is 17.8 Å². The molecule has 1 saturated heterocycles. The number of carboxylic acid groups (broad SMARTS) is 1. The van der Waals surface area contributed by atoms with Gasteiger partial charge in [0.25, 0.3) is 5.91 Å². The molecule has 1 aliphatic rings. The van der Waals surface area contributed by atoms with Crippen molar-refractivity contribution in [2.75, 3.05) is 20.6 Å². The van der Waals surface area contributed by atoms with E-state index in [1.807, 2.05) is 77.2 Å². The lowest BCUT2D eigenvalue weighted by atomic mass is 9.96. The van der Waals surface area contributed by atoms with E-state index in [9.17, 15) is 24.3 Å². The van der Waals surface area contributed by atoms with Crippen molar-refractivity contribution in [1.29, 1.82) is 0 Å². The summed E-state index contributed by atoms with van der Waals surface area (Å²) in [6.45, 7) is 10.5. The third-order valence-electron chi connectivity index (χ3n) is 8.69. The van der Waals surface area contributed by atoms with Crippen LogP contribution < -0.4 is 10.6 Å². The average molecular weight is 654 g/mol. The highest BCUT2D eigenvalue weighted by Gasteiger charge is 2.34. The minimum Gasteiger partial charge on any atom is -0.481 e. The summed E-state index contributed by atoms with van der Waals surface area (Å²) in [4.78, 5) is 59.9. The first kappa shape index (κ1) is 36.9. The number of benzene rings is 1. The monoisotopic (exact) mass is 653 g/mol. The molecule has 0 bridgehead atoms. The lowest BCUT2D eigenvalue weighted by molar-refractivity contribution is -0.141. The summed E-state index contributed by atoms with van der Waals surface area (Å²) in [5, 5.41) is 17.8. The molecular formula is C35H51N5O5S. The predicted molar refractivity (Wildman–Crippen MR) is 182 cm³/mol. The van der Waals surface area contributed by atoms with Crippen LogP contribution in [0.3, 0.4) is 0 Å². The molecule has 1 aromatic carbocycles. The molecule has 0 aliphatic carbocycles. The second kappa shape index (κ2) is 17.4. The molecule has 1 fully saturated rings. The average Bonchev–Trinajstić information content (AvgIpc) is 3.49. The second-order valence-corrected chi connectivity index (χ2v) is 14.1. The number of carbonyl (C=O) groups excluding carboxylic acids is 3. The van der Waals surface area contributed by atoms with Gasteiger partial charge in [0.2, 0.25) is 11.8 Å². The van der Waals surface area contributed by atoms with Crippen LogP contribution in [-0.4, -0.2) is 88.4 Å². The minimum absolute atomic E-state index is 0.0795. The smallest absolute Gasteiger partial charge is 0.306 e. The fourth-order valence-corrected chi connectivity index (χ4v) is 6.56. The summed E-state index contributed by atoms with van der Waals surface area (Å²) in [7, 11) is 3.72. The standard InChI is InChI=1S/C35H51N5O5S/c1-22(2)28(40(7)34(43)31(23(3)4)38-33(42)29-15-11-12-18-39(29)6)16-17-30-37-27(21-46-30)32(41)36-26(19-24(5)35(44)45)20-25-13-9-8-10-14-25/h8-10,13-14,16-17,21-24,26,28-29,31H,11-12,15,18-20H2,1-7H3,(H,36,41)(H,38,42)(H,44,45)/b17-16+/t24-,26+,28+,29+,31-/m0/s1. The van der Waals surface area contributed by atoms with Gasteiger partial charge < -0.3 is 20.6 Å². The summed E-state index contributed by atoms with van der Waals surface area (Å²) in [5.41, 5.74) is 1.26. The molecule has 3 N–H and O–H groups in total. The zero-order chi connectivity index (χ0) is 34.0. The minimum atomic E-state index is -0.907. The number of nitrogens with zero attached hydrogens (tertiary/aromatic N) is 3. The molecule has 3 amide bonds. The maximum absolute atomic E-state index is 13.7. The molecule has 0 saturated carbocycles. The second-order valence-electron chi connectivity index (χ2n) is 13.2. The van der Waals surface area contributed by atoms with Gasteiger partial charge in [-0.3, -0.25) is 24.1 Å². The molecule has 5 atom stereocenters. The van der Waals surface area contributed by atoms with Gasteiger partial charge in [-0.25, -0.2) is 4.98 Å². The molecule has 0 radical (unpaired) electrons. The van der Waals surface area contributed by atoms with Crippen LogP contribution in [0.25, 0.3) is 6.08 Å². The van der Waals surface area contributed by atoms with Crippen molar-refractivity contribution < 1.29 is 24.3 Å². The number of likely N-dealkylation sites (N-methyl/N-ethyl adjacent to an activating group) is 2. The maximum atomic E-state index is 13.7. The van der Waals surface area contributed by atoms with Gasteiger partial charge in [-0.15, -0.1) is 11.3 Å². The molecule has 1 aromatic heterocycles. The van der Waals surface area contributed by atoms with E-state index < -0.39 is 17.9 Å². The van der Waals surface area contributed by atoms with E-state index >= 15 is 0 Å². The highest BCUT2D eigenvalue weighted by atomic mass is 32.1. The van der Waals surface area contributed by atoms with E-state index in [1.54, 1.807) is 24.3 Å². The molecule has 0 spiro atoms. The van der Waals surface area contributed by atoms with Crippen LogP contribution in [-0.2, 0) is 20.8 Å². The summed E-state index contributed by atoms with van der Waals surface area (Å²) in [6, 6.07) is 8.14. The number of thiazole rings is 1. The molecule has 1 aliphatic heterocycles. The number of amides is 3. The van der Waals surface area contributed by atoms with Gasteiger partial charge in [0.1, 0.15) is 16.7 Å². The Morgan fingerprint density at radius 1 is 1.07 bits per heavy atom. The Hall–Kier alpha value is -3.57. The van der Waals surface area contributed by atoms with Crippen LogP contribution in [0, 0.1) is 17.8 Å². The van der Waals surface area contributed by atoms with Gasteiger partial charge in [0.05, 0.1) is 18.0 Å². The molecule has 11 heteroatoms. The van der Waals surface area contributed by atoms with Crippen molar-refractivity contribution in [1.82, 2.24) is 25.4 Å². The summed E-state index contributed by atoms with van der Waals surface area (Å²) >= 11 is 1.32. The molecule has 10 nitrogen and oxygen atoms in total. The van der Waals surface area contributed by atoms with Crippen molar-refractivity contribution in [2.45, 2.75) is 90.9 Å².